The van der Waals surface area contributed by atoms with Gasteiger partial charge in [0.15, 0.2) is 5.65 Å². The maximum Gasteiger partial charge on any atom is 0.256 e. The second kappa shape index (κ2) is 7.10. The minimum atomic E-state index is -0.192. The summed E-state index contributed by atoms with van der Waals surface area (Å²) in [6.07, 6.45) is 3.45. The third kappa shape index (κ3) is 3.05. The molecule has 1 aromatic carbocycles. The van der Waals surface area contributed by atoms with Crippen molar-refractivity contribution < 1.29 is 4.79 Å². The first-order valence-corrected chi connectivity index (χ1v) is 10.2. The molecular weight excluding hydrogens is 382 g/mol. The number of carbonyl (C=O) groups is 1. The second-order valence-corrected chi connectivity index (χ2v) is 7.51. The number of hydrogen-bond donors (Lipinski definition) is 1. The molecule has 1 N–H and O–H groups in total. The van der Waals surface area contributed by atoms with Crippen molar-refractivity contribution in [3.63, 3.8) is 0 Å². The molecule has 0 saturated carbocycles. The van der Waals surface area contributed by atoms with Crippen molar-refractivity contribution in [3.05, 3.63) is 71.9 Å². The zero-order valence-corrected chi connectivity index (χ0v) is 16.5. The molecule has 0 radical (unpaired) electrons. The highest BCUT2D eigenvalue weighted by atomic mass is 32.1. The fourth-order valence-corrected chi connectivity index (χ4v) is 4.11. The third-order valence-electron chi connectivity index (χ3n) is 4.82. The highest BCUT2D eigenvalue weighted by Crippen LogP contribution is 2.29. The number of nitrogens with one attached hydrogen (secondary N) is 1. The highest BCUT2D eigenvalue weighted by molar-refractivity contribution is 7.13. The van der Waals surface area contributed by atoms with Crippen LogP contribution in [0.25, 0.3) is 32.5 Å². The topological polar surface area (TPSA) is 72.7 Å². The van der Waals surface area contributed by atoms with E-state index in [0.717, 1.165) is 32.5 Å². The Morgan fingerprint density at radius 3 is 2.90 bits per heavy atom. The number of amides is 1. The van der Waals surface area contributed by atoms with Crippen molar-refractivity contribution in [1.29, 1.82) is 0 Å². The Morgan fingerprint density at radius 2 is 2.07 bits per heavy atom. The molecule has 0 aliphatic rings. The van der Waals surface area contributed by atoms with Crippen LogP contribution in [0.4, 0.5) is 5.69 Å². The van der Waals surface area contributed by atoms with Gasteiger partial charge in [0, 0.05) is 18.1 Å². The van der Waals surface area contributed by atoms with Crippen LogP contribution in [0.2, 0.25) is 0 Å². The third-order valence-corrected chi connectivity index (χ3v) is 5.71. The average molecular weight is 399 g/mol. The molecule has 142 valence electrons. The summed E-state index contributed by atoms with van der Waals surface area (Å²) >= 11 is 1.59. The Balaban J connectivity index is 1.63. The molecule has 4 heterocycles. The first-order chi connectivity index (χ1) is 14.2. The molecule has 5 rings (SSSR count). The van der Waals surface area contributed by atoms with E-state index >= 15 is 0 Å². The number of aryl methyl sites for hydroxylation is 1. The van der Waals surface area contributed by atoms with E-state index in [-0.39, 0.29) is 5.91 Å². The van der Waals surface area contributed by atoms with Gasteiger partial charge in [0.25, 0.3) is 5.91 Å². The molecule has 0 spiro atoms. The lowest BCUT2D eigenvalue weighted by Crippen LogP contribution is -2.13. The molecule has 0 aliphatic carbocycles. The maximum absolute atomic E-state index is 13.3. The molecule has 0 fully saturated rings. The van der Waals surface area contributed by atoms with Crippen LogP contribution in [0.1, 0.15) is 17.3 Å². The van der Waals surface area contributed by atoms with Crippen molar-refractivity contribution in [3.8, 4) is 10.6 Å². The second-order valence-electron chi connectivity index (χ2n) is 6.56. The van der Waals surface area contributed by atoms with Crippen LogP contribution in [-0.2, 0) is 6.54 Å². The summed E-state index contributed by atoms with van der Waals surface area (Å²) in [4.78, 5) is 23.4. The number of benzene rings is 1. The van der Waals surface area contributed by atoms with Gasteiger partial charge in [-0.25, -0.2) is 9.67 Å². The van der Waals surface area contributed by atoms with Gasteiger partial charge in [-0.05, 0) is 48.7 Å². The molecule has 0 unspecified atom stereocenters. The summed E-state index contributed by atoms with van der Waals surface area (Å²) in [5.74, 6) is -0.192. The van der Waals surface area contributed by atoms with E-state index in [2.05, 4.69) is 15.4 Å². The van der Waals surface area contributed by atoms with Crippen LogP contribution in [0, 0.1) is 0 Å². The van der Waals surface area contributed by atoms with Crippen molar-refractivity contribution in [2.24, 2.45) is 0 Å². The minimum absolute atomic E-state index is 0.192. The maximum atomic E-state index is 13.3. The number of pyridine rings is 2. The van der Waals surface area contributed by atoms with Gasteiger partial charge in [0.2, 0.25) is 0 Å². The molecule has 0 saturated heterocycles. The Labute approximate surface area is 170 Å². The summed E-state index contributed by atoms with van der Waals surface area (Å²) in [7, 11) is 0. The van der Waals surface area contributed by atoms with Crippen molar-refractivity contribution >= 4 is 44.9 Å². The lowest BCUT2D eigenvalue weighted by atomic mass is 10.1. The lowest BCUT2D eigenvalue weighted by molar-refractivity contribution is 0.102. The largest absolute Gasteiger partial charge is 0.321 e. The average Bonchev–Trinajstić information content (AvgIpc) is 3.43. The van der Waals surface area contributed by atoms with Gasteiger partial charge in [-0.1, -0.05) is 12.1 Å². The molecule has 29 heavy (non-hydrogen) atoms. The Morgan fingerprint density at radius 1 is 1.14 bits per heavy atom. The van der Waals surface area contributed by atoms with E-state index in [9.17, 15) is 4.79 Å². The zero-order valence-electron chi connectivity index (χ0n) is 15.7. The smallest absolute Gasteiger partial charge is 0.256 e. The molecule has 0 atom stereocenters. The fraction of sp³-hybridized carbons (Fsp3) is 0.0909. The molecule has 5 aromatic rings. The monoisotopic (exact) mass is 399 g/mol. The SMILES string of the molecule is CCn1ncc2c(C(=O)Nc3cccc4ncccc34)cc(-c3cccs3)nc21. The number of fused-ring (bicyclic) bond motifs is 2. The summed E-state index contributed by atoms with van der Waals surface area (Å²) in [6.45, 7) is 2.69. The number of aromatic nitrogens is 4. The molecule has 6 nitrogen and oxygen atoms in total. The standard InChI is InChI=1S/C22H17N5OS/c1-2-27-21-16(13-24-27)15(12-19(25-21)20-9-5-11-29-20)22(28)26-18-8-3-7-17-14(18)6-4-10-23-17/h3-13H,2H2,1H3,(H,26,28). The highest BCUT2D eigenvalue weighted by Gasteiger charge is 2.18. The van der Waals surface area contributed by atoms with Gasteiger partial charge in [0.1, 0.15) is 0 Å². The Bertz CT molecular complexity index is 1340. The zero-order chi connectivity index (χ0) is 19.8. The first kappa shape index (κ1) is 17.5. The van der Waals surface area contributed by atoms with Crippen molar-refractivity contribution in [2.45, 2.75) is 13.5 Å². The number of rotatable bonds is 4. The number of thiophene rings is 1. The predicted octanol–water partition coefficient (Wildman–Crippen LogP) is 4.98. The quantitative estimate of drug-likeness (QED) is 0.463. The Kier molecular flexibility index (Phi) is 4.29. The lowest BCUT2D eigenvalue weighted by Gasteiger charge is -2.10. The van der Waals surface area contributed by atoms with Crippen LogP contribution >= 0.6 is 11.3 Å². The van der Waals surface area contributed by atoms with Gasteiger partial charge in [-0.2, -0.15) is 5.10 Å². The normalized spacial score (nSPS) is 11.2. The Hall–Kier alpha value is -3.58. The summed E-state index contributed by atoms with van der Waals surface area (Å²) in [5, 5.41) is 11.1. The van der Waals surface area contributed by atoms with E-state index in [0.29, 0.717) is 17.8 Å². The number of hydrogen-bond acceptors (Lipinski definition) is 5. The van der Waals surface area contributed by atoms with Crippen LogP contribution in [-0.4, -0.2) is 25.7 Å². The van der Waals surface area contributed by atoms with Gasteiger partial charge < -0.3 is 5.32 Å². The van der Waals surface area contributed by atoms with E-state index in [1.54, 1.807) is 23.7 Å². The van der Waals surface area contributed by atoms with E-state index < -0.39 is 0 Å². The van der Waals surface area contributed by atoms with Crippen LogP contribution in [0.3, 0.4) is 0 Å². The number of nitrogens with zero attached hydrogens (tertiary/aromatic N) is 4. The summed E-state index contributed by atoms with van der Waals surface area (Å²) in [5.41, 5.74) is 3.60. The molecule has 1 amide bonds. The number of carbonyl (C=O) groups excluding carboxylic acids is 1. The van der Waals surface area contributed by atoms with Gasteiger partial charge in [-0.15, -0.1) is 11.3 Å². The molecule has 7 heteroatoms. The van der Waals surface area contributed by atoms with E-state index in [1.165, 1.54) is 0 Å². The van der Waals surface area contributed by atoms with Crippen molar-refractivity contribution in [1.82, 2.24) is 19.7 Å². The van der Waals surface area contributed by atoms with Gasteiger partial charge in [-0.3, -0.25) is 9.78 Å². The first-order valence-electron chi connectivity index (χ1n) is 9.30. The van der Waals surface area contributed by atoms with E-state index in [1.807, 2.05) is 65.5 Å². The van der Waals surface area contributed by atoms with Crippen molar-refractivity contribution in [2.75, 3.05) is 5.32 Å². The van der Waals surface area contributed by atoms with Crippen LogP contribution < -0.4 is 5.32 Å². The summed E-state index contributed by atoms with van der Waals surface area (Å²) < 4.78 is 1.81. The predicted molar refractivity (Wildman–Crippen MR) is 116 cm³/mol. The fourth-order valence-electron chi connectivity index (χ4n) is 3.42. The van der Waals surface area contributed by atoms with Gasteiger partial charge >= 0.3 is 0 Å². The van der Waals surface area contributed by atoms with Crippen LogP contribution in [0.5, 0.6) is 0 Å². The molecule has 0 aliphatic heterocycles. The minimum Gasteiger partial charge on any atom is -0.321 e. The molecule has 0 bridgehead atoms. The van der Waals surface area contributed by atoms with Crippen LogP contribution in [0.15, 0.2) is 66.3 Å². The molecule has 4 aromatic heterocycles. The van der Waals surface area contributed by atoms with E-state index in [4.69, 9.17) is 4.98 Å². The summed E-state index contributed by atoms with van der Waals surface area (Å²) in [6, 6.07) is 15.3. The molecular formula is C22H17N5OS. The number of anilines is 1. The van der Waals surface area contributed by atoms with Gasteiger partial charge in [0.05, 0.1) is 38.9 Å².